The first-order valence-electron chi connectivity index (χ1n) is 7.15. The molecule has 0 radical (unpaired) electrons. The van der Waals surface area contributed by atoms with Crippen molar-refractivity contribution in [2.75, 3.05) is 0 Å². The summed E-state index contributed by atoms with van der Waals surface area (Å²) in [5.41, 5.74) is -1.51. The largest absolute Gasteiger partial charge is 0.354 e. The summed E-state index contributed by atoms with van der Waals surface area (Å²) in [5, 5.41) is 8.23. The van der Waals surface area contributed by atoms with Gasteiger partial charge in [0.05, 0.1) is 5.56 Å². The topological polar surface area (TPSA) is 86.2 Å². The van der Waals surface area contributed by atoms with E-state index in [2.05, 4.69) is 9.68 Å². The summed E-state index contributed by atoms with van der Waals surface area (Å²) >= 11 is 0. The van der Waals surface area contributed by atoms with E-state index < -0.39 is 55.7 Å². The molecule has 0 spiro atoms. The van der Waals surface area contributed by atoms with E-state index in [9.17, 15) is 30.4 Å². The molecule has 0 atom stereocenters. The standard InChI is InChI=1S/C16H9F5N2O3S/c17-8-3-1-7(2-4-8)14-13(15(16(20)21)26-23-14)9-5-11(19)12(6-10(9)18)27(22,24)25/h1-6,16H,(H2,22,24,25). The number of benzene rings is 2. The fourth-order valence-corrected chi connectivity index (χ4v) is 3.05. The molecule has 0 aliphatic heterocycles. The molecule has 0 fully saturated rings. The average molecular weight is 404 g/mol. The van der Waals surface area contributed by atoms with Crippen LogP contribution in [0.2, 0.25) is 0 Å². The van der Waals surface area contributed by atoms with Crippen LogP contribution in [-0.4, -0.2) is 13.6 Å². The molecule has 1 aromatic heterocycles. The van der Waals surface area contributed by atoms with Crippen LogP contribution in [0.3, 0.4) is 0 Å². The Morgan fingerprint density at radius 1 is 1.00 bits per heavy atom. The fraction of sp³-hybridized carbons (Fsp3) is 0.0625. The normalized spacial score (nSPS) is 12.0. The Labute approximate surface area is 149 Å². The first kappa shape index (κ1) is 19.0. The monoisotopic (exact) mass is 404 g/mol. The first-order chi connectivity index (χ1) is 12.6. The van der Waals surface area contributed by atoms with Crippen molar-refractivity contribution < 1.29 is 34.9 Å². The minimum absolute atomic E-state index is 0.0948. The van der Waals surface area contributed by atoms with E-state index in [0.29, 0.717) is 6.07 Å². The van der Waals surface area contributed by atoms with Gasteiger partial charge in [-0.25, -0.2) is 35.5 Å². The van der Waals surface area contributed by atoms with E-state index in [1.165, 1.54) is 12.1 Å². The van der Waals surface area contributed by atoms with Gasteiger partial charge in [-0.05, 0) is 36.4 Å². The Kier molecular flexibility index (Phi) is 4.74. The Hall–Kier alpha value is -2.79. The molecule has 0 bridgehead atoms. The number of alkyl halides is 2. The maximum absolute atomic E-state index is 14.5. The second-order valence-electron chi connectivity index (χ2n) is 5.39. The van der Waals surface area contributed by atoms with Gasteiger partial charge >= 0.3 is 0 Å². The molecule has 5 nitrogen and oxygen atoms in total. The predicted molar refractivity (Wildman–Crippen MR) is 83.6 cm³/mol. The van der Waals surface area contributed by atoms with Gasteiger partial charge < -0.3 is 4.52 Å². The number of hydrogen-bond donors (Lipinski definition) is 1. The molecule has 3 aromatic rings. The molecule has 0 unspecified atom stereocenters. The zero-order valence-electron chi connectivity index (χ0n) is 13.1. The number of aromatic nitrogens is 1. The van der Waals surface area contributed by atoms with Gasteiger partial charge in [-0.1, -0.05) is 5.16 Å². The number of primary sulfonamides is 1. The van der Waals surface area contributed by atoms with E-state index in [-0.39, 0.29) is 17.3 Å². The van der Waals surface area contributed by atoms with Crippen molar-refractivity contribution in [3.05, 3.63) is 59.6 Å². The lowest BCUT2D eigenvalue weighted by Gasteiger charge is -2.09. The number of nitrogens with zero attached hydrogens (tertiary/aromatic N) is 1. The lowest BCUT2D eigenvalue weighted by Crippen LogP contribution is -2.14. The third-order valence-electron chi connectivity index (χ3n) is 3.63. The third-order valence-corrected chi connectivity index (χ3v) is 4.56. The van der Waals surface area contributed by atoms with Crippen molar-refractivity contribution in [2.24, 2.45) is 5.14 Å². The second kappa shape index (κ2) is 6.74. The molecule has 0 aliphatic rings. The van der Waals surface area contributed by atoms with Crippen molar-refractivity contribution in [3.63, 3.8) is 0 Å². The number of hydrogen-bond acceptors (Lipinski definition) is 4. The molecule has 0 amide bonds. The molecule has 2 aromatic carbocycles. The van der Waals surface area contributed by atoms with E-state index in [1.807, 2.05) is 0 Å². The minimum Gasteiger partial charge on any atom is -0.354 e. The van der Waals surface area contributed by atoms with Gasteiger partial charge in [0.15, 0.2) is 0 Å². The number of halogens is 5. The molecule has 1 heterocycles. The highest BCUT2D eigenvalue weighted by molar-refractivity contribution is 7.89. The van der Waals surface area contributed by atoms with Crippen molar-refractivity contribution in [3.8, 4) is 22.4 Å². The quantitative estimate of drug-likeness (QED) is 0.666. The molecule has 11 heteroatoms. The summed E-state index contributed by atoms with van der Waals surface area (Å²) in [5.74, 6) is -4.46. The van der Waals surface area contributed by atoms with Crippen LogP contribution in [0.1, 0.15) is 12.2 Å². The first-order valence-corrected chi connectivity index (χ1v) is 8.70. The second-order valence-corrected chi connectivity index (χ2v) is 6.92. The number of sulfonamides is 1. The van der Waals surface area contributed by atoms with E-state index in [0.717, 1.165) is 12.1 Å². The predicted octanol–water partition coefficient (Wildman–Crippen LogP) is 4.01. The van der Waals surface area contributed by atoms with Gasteiger partial charge in [-0.2, -0.15) is 0 Å². The van der Waals surface area contributed by atoms with E-state index in [1.54, 1.807) is 0 Å². The van der Waals surface area contributed by atoms with Crippen molar-refractivity contribution >= 4 is 10.0 Å². The summed E-state index contributed by atoms with van der Waals surface area (Å²) in [4.78, 5) is -1.14. The van der Waals surface area contributed by atoms with Crippen LogP contribution in [0.25, 0.3) is 22.4 Å². The molecular formula is C16H9F5N2O3S. The number of nitrogens with two attached hydrogens (primary N) is 1. The fourth-order valence-electron chi connectivity index (χ4n) is 2.46. The Morgan fingerprint density at radius 2 is 1.63 bits per heavy atom. The molecule has 27 heavy (non-hydrogen) atoms. The molecular weight excluding hydrogens is 395 g/mol. The summed E-state index contributed by atoms with van der Waals surface area (Å²) in [6.45, 7) is 0. The van der Waals surface area contributed by atoms with Crippen LogP contribution in [0.15, 0.2) is 45.8 Å². The maximum Gasteiger partial charge on any atom is 0.298 e. The Balaban J connectivity index is 2.29. The lowest BCUT2D eigenvalue weighted by atomic mass is 9.98. The van der Waals surface area contributed by atoms with Gasteiger partial charge in [-0.15, -0.1) is 0 Å². The van der Waals surface area contributed by atoms with E-state index in [4.69, 9.17) is 5.14 Å². The minimum atomic E-state index is -4.58. The Bertz CT molecular complexity index is 1110. The molecule has 3 rings (SSSR count). The van der Waals surface area contributed by atoms with Gasteiger partial charge in [0, 0.05) is 11.1 Å². The van der Waals surface area contributed by atoms with Gasteiger partial charge in [-0.3, -0.25) is 0 Å². The highest BCUT2D eigenvalue weighted by atomic mass is 32.2. The van der Waals surface area contributed by atoms with E-state index >= 15 is 0 Å². The molecule has 142 valence electrons. The van der Waals surface area contributed by atoms with Crippen LogP contribution in [-0.2, 0) is 10.0 Å². The average Bonchev–Trinajstić information content (AvgIpc) is 3.01. The third kappa shape index (κ3) is 3.55. The smallest absolute Gasteiger partial charge is 0.298 e. The number of rotatable bonds is 4. The Morgan fingerprint density at radius 3 is 2.19 bits per heavy atom. The van der Waals surface area contributed by atoms with Crippen molar-refractivity contribution in [2.45, 2.75) is 11.3 Å². The van der Waals surface area contributed by atoms with Crippen LogP contribution in [0, 0.1) is 17.5 Å². The molecule has 0 saturated carbocycles. The molecule has 0 aliphatic carbocycles. The van der Waals surface area contributed by atoms with Crippen LogP contribution in [0.4, 0.5) is 22.0 Å². The van der Waals surface area contributed by atoms with Crippen molar-refractivity contribution in [1.29, 1.82) is 0 Å². The lowest BCUT2D eigenvalue weighted by molar-refractivity contribution is 0.113. The van der Waals surface area contributed by atoms with Crippen molar-refractivity contribution in [1.82, 2.24) is 5.16 Å². The highest BCUT2D eigenvalue weighted by Gasteiger charge is 2.29. The maximum atomic E-state index is 14.5. The SMILES string of the molecule is NS(=O)(=O)c1cc(F)c(-c2c(-c3ccc(F)cc3)noc2C(F)F)cc1F. The molecule has 2 N–H and O–H groups in total. The van der Waals surface area contributed by atoms with Gasteiger partial charge in [0.25, 0.3) is 6.43 Å². The van der Waals surface area contributed by atoms with Gasteiger partial charge in [0.2, 0.25) is 15.8 Å². The van der Waals surface area contributed by atoms with Crippen LogP contribution in [0.5, 0.6) is 0 Å². The molecule has 0 saturated heterocycles. The zero-order chi connectivity index (χ0) is 19.9. The van der Waals surface area contributed by atoms with Crippen LogP contribution >= 0.6 is 0 Å². The summed E-state index contributed by atoms with van der Waals surface area (Å²) < 4.78 is 95.4. The summed E-state index contributed by atoms with van der Waals surface area (Å²) in [6.07, 6.45) is -3.23. The summed E-state index contributed by atoms with van der Waals surface area (Å²) in [6, 6.07) is 5.06. The van der Waals surface area contributed by atoms with Crippen LogP contribution < -0.4 is 5.14 Å². The summed E-state index contributed by atoms with van der Waals surface area (Å²) in [7, 11) is -4.58. The van der Waals surface area contributed by atoms with Gasteiger partial charge in [0.1, 0.15) is 28.0 Å². The highest BCUT2D eigenvalue weighted by Crippen LogP contribution is 2.40. The zero-order valence-corrected chi connectivity index (χ0v) is 13.9.